The first kappa shape index (κ1) is 10.4. The molecule has 0 radical (unpaired) electrons. The van der Waals surface area contributed by atoms with E-state index in [1.807, 2.05) is 11.6 Å². The van der Waals surface area contributed by atoms with Crippen molar-refractivity contribution in [1.82, 2.24) is 9.55 Å². The van der Waals surface area contributed by atoms with Crippen LogP contribution in [0.5, 0.6) is 0 Å². The van der Waals surface area contributed by atoms with Crippen LogP contribution in [0.25, 0.3) is 0 Å². The fourth-order valence-electron chi connectivity index (χ4n) is 1.15. The lowest BCUT2D eigenvalue weighted by Crippen LogP contribution is -2.09. The first-order chi connectivity index (χ1) is 6.59. The molecule has 0 aliphatic carbocycles. The molecule has 1 aromatic rings. The van der Waals surface area contributed by atoms with Crippen LogP contribution in [-0.4, -0.2) is 26.4 Å². The Kier molecular flexibility index (Phi) is 3.39. The SMILES string of the molecule is Cn1ccnc1CCC(=O)CC(=O)O. The van der Waals surface area contributed by atoms with Crippen LogP contribution >= 0.6 is 0 Å². The quantitative estimate of drug-likeness (QED) is 0.692. The molecule has 5 heteroatoms. The van der Waals surface area contributed by atoms with Gasteiger partial charge in [0.1, 0.15) is 18.0 Å². The molecule has 0 bridgehead atoms. The number of rotatable bonds is 5. The zero-order valence-corrected chi connectivity index (χ0v) is 7.93. The Morgan fingerprint density at radius 3 is 2.79 bits per heavy atom. The Balaban J connectivity index is 2.38. The predicted octanol–water partition coefficient (Wildman–Crippen LogP) is 0.396. The number of hydrogen-bond donors (Lipinski definition) is 1. The Labute approximate surface area is 81.4 Å². The maximum atomic E-state index is 11.0. The Morgan fingerprint density at radius 2 is 2.29 bits per heavy atom. The summed E-state index contributed by atoms with van der Waals surface area (Å²) < 4.78 is 1.81. The Hall–Kier alpha value is -1.65. The molecule has 1 rings (SSSR count). The second-order valence-electron chi connectivity index (χ2n) is 3.06. The molecule has 0 saturated heterocycles. The first-order valence-electron chi connectivity index (χ1n) is 4.29. The van der Waals surface area contributed by atoms with Gasteiger partial charge in [0.15, 0.2) is 0 Å². The van der Waals surface area contributed by atoms with Gasteiger partial charge in [-0.15, -0.1) is 0 Å². The fraction of sp³-hybridized carbons (Fsp3) is 0.444. The minimum atomic E-state index is -1.07. The summed E-state index contributed by atoms with van der Waals surface area (Å²) in [4.78, 5) is 25.3. The van der Waals surface area contributed by atoms with Gasteiger partial charge in [-0.25, -0.2) is 4.98 Å². The molecule has 0 aromatic carbocycles. The molecule has 14 heavy (non-hydrogen) atoms. The summed E-state index contributed by atoms with van der Waals surface area (Å²) in [6, 6.07) is 0. The molecule has 5 nitrogen and oxygen atoms in total. The topological polar surface area (TPSA) is 72.2 Å². The summed E-state index contributed by atoms with van der Waals surface area (Å²) in [5.41, 5.74) is 0. The van der Waals surface area contributed by atoms with Gasteiger partial charge in [-0.1, -0.05) is 0 Å². The molecular weight excluding hydrogens is 184 g/mol. The normalized spacial score (nSPS) is 10.1. The van der Waals surface area contributed by atoms with Crippen LogP contribution in [0.2, 0.25) is 0 Å². The Bertz CT molecular complexity index is 344. The number of aryl methyl sites for hydroxylation is 2. The standard InChI is InChI=1S/C9H12N2O3/c1-11-5-4-10-8(11)3-2-7(12)6-9(13)14/h4-5H,2-3,6H2,1H3,(H,13,14). The van der Waals surface area contributed by atoms with Crippen molar-refractivity contribution in [3.8, 4) is 0 Å². The highest BCUT2D eigenvalue weighted by molar-refractivity contribution is 5.94. The maximum Gasteiger partial charge on any atom is 0.310 e. The van der Waals surface area contributed by atoms with Gasteiger partial charge in [0.25, 0.3) is 0 Å². The van der Waals surface area contributed by atoms with Crippen molar-refractivity contribution in [1.29, 1.82) is 0 Å². The van der Waals surface area contributed by atoms with E-state index in [0.717, 1.165) is 5.82 Å². The van der Waals surface area contributed by atoms with E-state index in [0.29, 0.717) is 6.42 Å². The second kappa shape index (κ2) is 4.55. The smallest absolute Gasteiger partial charge is 0.310 e. The van der Waals surface area contributed by atoms with E-state index in [1.165, 1.54) is 0 Å². The number of ketones is 1. The molecule has 1 aromatic heterocycles. The van der Waals surface area contributed by atoms with E-state index < -0.39 is 12.4 Å². The van der Waals surface area contributed by atoms with Gasteiger partial charge in [-0.05, 0) is 0 Å². The van der Waals surface area contributed by atoms with E-state index in [-0.39, 0.29) is 12.2 Å². The van der Waals surface area contributed by atoms with Gasteiger partial charge in [0.05, 0.1) is 0 Å². The van der Waals surface area contributed by atoms with Crippen molar-refractivity contribution in [3.63, 3.8) is 0 Å². The van der Waals surface area contributed by atoms with Crippen molar-refractivity contribution in [2.45, 2.75) is 19.3 Å². The van der Waals surface area contributed by atoms with Gasteiger partial charge in [-0.3, -0.25) is 9.59 Å². The number of hydrogen-bond acceptors (Lipinski definition) is 3. The zero-order chi connectivity index (χ0) is 10.6. The first-order valence-corrected chi connectivity index (χ1v) is 4.29. The van der Waals surface area contributed by atoms with Gasteiger partial charge < -0.3 is 9.67 Å². The van der Waals surface area contributed by atoms with Gasteiger partial charge >= 0.3 is 5.97 Å². The van der Waals surface area contributed by atoms with Gasteiger partial charge in [-0.2, -0.15) is 0 Å². The lowest BCUT2D eigenvalue weighted by Gasteiger charge is -1.99. The summed E-state index contributed by atoms with van der Waals surface area (Å²) in [5, 5.41) is 8.35. The van der Waals surface area contributed by atoms with Gasteiger partial charge in [0, 0.05) is 32.3 Å². The van der Waals surface area contributed by atoms with Crippen molar-refractivity contribution in [2.24, 2.45) is 7.05 Å². The molecule has 0 amide bonds. The summed E-state index contributed by atoms with van der Waals surface area (Å²) in [5.74, 6) is -0.543. The van der Waals surface area contributed by atoms with Crippen LogP contribution in [0, 0.1) is 0 Å². The zero-order valence-electron chi connectivity index (χ0n) is 7.93. The van der Waals surface area contributed by atoms with E-state index in [4.69, 9.17) is 5.11 Å². The maximum absolute atomic E-state index is 11.0. The lowest BCUT2D eigenvalue weighted by molar-refractivity contribution is -0.140. The van der Waals surface area contributed by atoms with Crippen molar-refractivity contribution in [3.05, 3.63) is 18.2 Å². The van der Waals surface area contributed by atoms with E-state index >= 15 is 0 Å². The molecule has 0 spiro atoms. The summed E-state index contributed by atoms with van der Waals surface area (Å²) >= 11 is 0. The van der Waals surface area contributed by atoms with E-state index in [1.54, 1.807) is 12.4 Å². The largest absolute Gasteiger partial charge is 0.481 e. The number of carboxylic acids is 1. The number of Topliss-reactive ketones (excluding diaryl/α,β-unsaturated/α-hetero) is 1. The number of carbonyl (C=O) groups excluding carboxylic acids is 1. The van der Waals surface area contributed by atoms with Crippen LogP contribution < -0.4 is 0 Å². The summed E-state index contributed by atoms with van der Waals surface area (Å²) in [7, 11) is 1.84. The summed E-state index contributed by atoms with van der Waals surface area (Å²) in [6.07, 6.45) is 3.77. The van der Waals surface area contributed by atoms with Crippen LogP contribution in [-0.2, 0) is 23.1 Å². The van der Waals surface area contributed by atoms with Crippen molar-refractivity contribution >= 4 is 11.8 Å². The molecular formula is C9H12N2O3. The highest BCUT2D eigenvalue weighted by Gasteiger charge is 2.09. The van der Waals surface area contributed by atoms with Gasteiger partial charge in [0.2, 0.25) is 0 Å². The predicted molar refractivity (Wildman–Crippen MR) is 48.8 cm³/mol. The lowest BCUT2D eigenvalue weighted by atomic mass is 10.1. The van der Waals surface area contributed by atoms with Crippen LogP contribution in [0.3, 0.4) is 0 Å². The average molecular weight is 196 g/mol. The number of carbonyl (C=O) groups is 2. The van der Waals surface area contributed by atoms with E-state index in [9.17, 15) is 9.59 Å². The average Bonchev–Trinajstić information content (AvgIpc) is 2.46. The molecule has 76 valence electrons. The molecule has 0 fully saturated rings. The molecule has 0 aliphatic heterocycles. The number of nitrogens with zero attached hydrogens (tertiary/aromatic N) is 2. The third kappa shape index (κ3) is 3.01. The third-order valence-corrected chi connectivity index (χ3v) is 1.90. The number of aliphatic carboxylic acids is 1. The minimum Gasteiger partial charge on any atom is -0.481 e. The third-order valence-electron chi connectivity index (χ3n) is 1.90. The second-order valence-corrected chi connectivity index (χ2v) is 3.06. The number of aromatic nitrogens is 2. The summed E-state index contributed by atoms with van der Waals surface area (Å²) in [6.45, 7) is 0. The highest BCUT2D eigenvalue weighted by Crippen LogP contribution is 2.01. The van der Waals surface area contributed by atoms with Crippen molar-refractivity contribution in [2.75, 3.05) is 0 Å². The molecule has 0 saturated carbocycles. The number of carboxylic acid groups (broad SMARTS) is 1. The van der Waals surface area contributed by atoms with E-state index in [2.05, 4.69) is 4.98 Å². The van der Waals surface area contributed by atoms with Crippen molar-refractivity contribution < 1.29 is 14.7 Å². The fourth-order valence-corrected chi connectivity index (χ4v) is 1.15. The highest BCUT2D eigenvalue weighted by atomic mass is 16.4. The van der Waals surface area contributed by atoms with Crippen LogP contribution in [0.4, 0.5) is 0 Å². The molecule has 0 aliphatic rings. The molecule has 1 heterocycles. The molecule has 0 unspecified atom stereocenters. The monoisotopic (exact) mass is 196 g/mol. The van der Waals surface area contributed by atoms with Crippen LogP contribution in [0.15, 0.2) is 12.4 Å². The molecule has 0 atom stereocenters. The molecule has 1 N–H and O–H groups in total. The minimum absolute atomic E-state index is 0.233. The number of imidazole rings is 1. The Morgan fingerprint density at radius 1 is 1.57 bits per heavy atom. The van der Waals surface area contributed by atoms with Crippen LogP contribution in [0.1, 0.15) is 18.7 Å².